The number of halogens is 2. The number of anilines is 1. The van der Waals surface area contributed by atoms with Crippen LogP contribution in [-0.2, 0) is 5.75 Å². The molecule has 0 radical (unpaired) electrons. The van der Waals surface area contributed by atoms with Gasteiger partial charge in [-0.2, -0.15) is 0 Å². The van der Waals surface area contributed by atoms with Crippen molar-refractivity contribution in [3.8, 4) is 0 Å². The van der Waals surface area contributed by atoms with Crippen LogP contribution in [0.25, 0.3) is 0 Å². The van der Waals surface area contributed by atoms with Gasteiger partial charge in [0.05, 0.1) is 10.6 Å². The summed E-state index contributed by atoms with van der Waals surface area (Å²) in [4.78, 5) is 12.1. The molecule has 104 valence electrons. The highest BCUT2D eigenvalue weighted by Gasteiger charge is 2.14. The second-order valence-corrected chi connectivity index (χ2v) is 5.99. The summed E-state index contributed by atoms with van der Waals surface area (Å²) in [5.74, 6) is 0.110. The third-order valence-electron chi connectivity index (χ3n) is 2.63. The molecule has 0 fully saturated rings. The molecule has 4 N–H and O–H groups in total. The molecule has 2 aromatic rings. The minimum Gasteiger partial charge on any atom is -0.399 e. The van der Waals surface area contributed by atoms with Crippen LogP contribution >= 0.6 is 35.0 Å². The van der Waals surface area contributed by atoms with E-state index in [1.165, 1.54) is 11.8 Å². The summed E-state index contributed by atoms with van der Waals surface area (Å²) in [6, 6.07) is 10.6. The maximum absolute atomic E-state index is 11.5. The monoisotopic (exact) mass is 326 g/mol. The minimum absolute atomic E-state index is 0.342. The first-order valence-corrected chi connectivity index (χ1v) is 7.47. The van der Waals surface area contributed by atoms with E-state index >= 15 is 0 Å². The highest BCUT2D eigenvalue weighted by molar-refractivity contribution is 7.98. The first-order valence-electron chi connectivity index (χ1n) is 5.73. The Labute approximate surface area is 131 Å². The van der Waals surface area contributed by atoms with E-state index in [4.69, 9.17) is 34.7 Å². The van der Waals surface area contributed by atoms with Gasteiger partial charge in [0.15, 0.2) is 0 Å². The van der Waals surface area contributed by atoms with E-state index in [-0.39, 0.29) is 0 Å². The van der Waals surface area contributed by atoms with Gasteiger partial charge in [-0.15, -0.1) is 11.8 Å². The van der Waals surface area contributed by atoms with Crippen molar-refractivity contribution in [2.24, 2.45) is 5.73 Å². The molecule has 0 spiro atoms. The van der Waals surface area contributed by atoms with Crippen LogP contribution in [0.3, 0.4) is 0 Å². The summed E-state index contributed by atoms with van der Waals surface area (Å²) in [6.45, 7) is 0. The molecule has 0 aliphatic rings. The predicted molar refractivity (Wildman–Crippen MR) is 85.4 cm³/mol. The molecule has 2 rings (SSSR count). The number of amides is 1. The van der Waals surface area contributed by atoms with Crippen LogP contribution < -0.4 is 11.5 Å². The number of nitrogen functional groups attached to an aromatic ring is 1. The summed E-state index contributed by atoms with van der Waals surface area (Å²) < 4.78 is 0. The van der Waals surface area contributed by atoms with Crippen molar-refractivity contribution in [1.29, 1.82) is 0 Å². The van der Waals surface area contributed by atoms with Gasteiger partial charge < -0.3 is 11.5 Å². The summed E-state index contributed by atoms with van der Waals surface area (Å²) in [7, 11) is 0. The number of primary amides is 1. The van der Waals surface area contributed by atoms with Crippen molar-refractivity contribution >= 4 is 46.6 Å². The average molecular weight is 327 g/mol. The molecule has 0 saturated carbocycles. The number of hydrogen-bond donors (Lipinski definition) is 2. The number of rotatable bonds is 4. The zero-order valence-electron chi connectivity index (χ0n) is 10.4. The molecular weight excluding hydrogens is 315 g/mol. The summed E-state index contributed by atoms with van der Waals surface area (Å²) in [6.07, 6.45) is 0. The Morgan fingerprint density at radius 1 is 1.15 bits per heavy atom. The van der Waals surface area contributed by atoms with Crippen LogP contribution in [0.5, 0.6) is 0 Å². The lowest BCUT2D eigenvalue weighted by molar-refractivity contribution is 0.0997. The molecule has 0 aromatic heterocycles. The van der Waals surface area contributed by atoms with Gasteiger partial charge in [-0.3, -0.25) is 4.79 Å². The molecular formula is C14H12Cl2N2OS. The van der Waals surface area contributed by atoms with Gasteiger partial charge in [-0.1, -0.05) is 35.3 Å². The fraction of sp³-hybridized carbons (Fsp3) is 0.0714. The Bertz CT molecular complexity index is 644. The molecule has 0 unspecified atom stereocenters. The third-order valence-corrected chi connectivity index (χ3v) is 4.50. The molecule has 0 heterocycles. The Morgan fingerprint density at radius 2 is 1.80 bits per heavy atom. The number of benzene rings is 2. The zero-order chi connectivity index (χ0) is 14.7. The van der Waals surface area contributed by atoms with E-state index in [1.54, 1.807) is 12.1 Å². The molecule has 20 heavy (non-hydrogen) atoms. The van der Waals surface area contributed by atoms with Gasteiger partial charge in [0, 0.05) is 21.4 Å². The minimum atomic E-state index is -0.544. The topological polar surface area (TPSA) is 69.1 Å². The fourth-order valence-electron chi connectivity index (χ4n) is 1.68. The fourth-order valence-corrected chi connectivity index (χ4v) is 3.21. The standard InChI is InChI=1S/C14H12Cl2N2OS/c15-9-3-1-8(2-4-9)7-20-13-11(14(18)19)5-10(17)6-12(13)16/h1-6H,7,17H2,(H2,18,19). The van der Waals surface area contributed by atoms with Crippen molar-refractivity contribution in [3.63, 3.8) is 0 Å². The Hall–Kier alpha value is -1.36. The van der Waals surface area contributed by atoms with Crippen LogP contribution in [0.1, 0.15) is 15.9 Å². The third kappa shape index (κ3) is 3.60. The number of hydrogen-bond acceptors (Lipinski definition) is 3. The highest BCUT2D eigenvalue weighted by Crippen LogP contribution is 2.34. The molecule has 2 aromatic carbocycles. The lowest BCUT2D eigenvalue weighted by atomic mass is 10.2. The molecule has 0 saturated heterocycles. The van der Waals surface area contributed by atoms with E-state index in [0.717, 1.165) is 5.56 Å². The lowest BCUT2D eigenvalue weighted by Gasteiger charge is -2.10. The SMILES string of the molecule is NC(=O)c1cc(N)cc(Cl)c1SCc1ccc(Cl)cc1. The Kier molecular flexibility index (Phi) is 4.81. The largest absolute Gasteiger partial charge is 0.399 e. The average Bonchev–Trinajstić information content (AvgIpc) is 2.38. The maximum Gasteiger partial charge on any atom is 0.249 e. The molecule has 1 amide bonds. The zero-order valence-corrected chi connectivity index (χ0v) is 12.7. The van der Waals surface area contributed by atoms with Crippen molar-refractivity contribution in [2.75, 3.05) is 5.73 Å². The van der Waals surface area contributed by atoms with Gasteiger partial charge in [0.2, 0.25) is 5.91 Å². The van der Waals surface area contributed by atoms with Crippen LogP contribution in [0.15, 0.2) is 41.3 Å². The molecule has 0 atom stereocenters. The van der Waals surface area contributed by atoms with E-state index < -0.39 is 5.91 Å². The van der Waals surface area contributed by atoms with Gasteiger partial charge >= 0.3 is 0 Å². The van der Waals surface area contributed by atoms with Crippen LogP contribution in [-0.4, -0.2) is 5.91 Å². The first-order chi connectivity index (χ1) is 9.47. The summed E-state index contributed by atoms with van der Waals surface area (Å²) in [5.41, 5.74) is 12.9. The number of nitrogens with two attached hydrogens (primary N) is 2. The maximum atomic E-state index is 11.5. The summed E-state index contributed by atoms with van der Waals surface area (Å²) in [5, 5.41) is 1.11. The predicted octanol–water partition coefficient (Wildman–Crippen LogP) is 3.97. The number of carbonyl (C=O) groups excluding carboxylic acids is 1. The van der Waals surface area contributed by atoms with Gasteiger partial charge in [0.25, 0.3) is 0 Å². The lowest BCUT2D eigenvalue weighted by Crippen LogP contribution is -2.13. The van der Waals surface area contributed by atoms with Crippen LogP contribution in [0.4, 0.5) is 5.69 Å². The van der Waals surface area contributed by atoms with Crippen molar-refractivity contribution in [3.05, 3.63) is 57.6 Å². The van der Waals surface area contributed by atoms with E-state index in [0.29, 0.717) is 31.9 Å². The number of thioether (sulfide) groups is 1. The molecule has 3 nitrogen and oxygen atoms in total. The molecule has 0 aliphatic carbocycles. The second kappa shape index (κ2) is 6.39. The smallest absolute Gasteiger partial charge is 0.249 e. The number of carbonyl (C=O) groups is 1. The summed E-state index contributed by atoms with van der Waals surface area (Å²) >= 11 is 13.4. The van der Waals surface area contributed by atoms with E-state index in [9.17, 15) is 4.79 Å². The normalized spacial score (nSPS) is 10.5. The second-order valence-electron chi connectivity index (χ2n) is 4.16. The van der Waals surface area contributed by atoms with Crippen molar-refractivity contribution in [2.45, 2.75) is 10.6 Å². The van der Waals surface area contributed by atoms with Crippen LogP contribution in [0.2, 0.25) is 10.0 Å². The Balaban J connectivity index is 2.24. The van der Waals surface area contributed by atoms with Gasteiger partial charge in [-0.25, -0.2) is 0 Å². The highest BCUT2D eigenvalue weighted by atomic mass is 35.5. The molecule has 6 heteroatoms. The van der Waals surface area contributed by atoms with E-state index in [2.05, 4.69) is 0 Å². The van der Waals surface area contributed by atoms with Crippen LogP contribution in [0, 0.1) is 0 Å². The first kappa shape index (κ1) is 15.0. The molecule has 0 aliphatic heterocycles. The van der Waals surface area contributed by atoms with Crippen molar-refractivity contribution < 1.29 is 4.79 Å². The Morgan fingerprint density at radius 3 is 2.40 bits per heavy atom. The van der Waals surface area contributed by atoms with Crippen molar-refractivity contribution in [1.82, 2.24) is 0 Å². The quantitative estimate of drug-likeness (QED) is 0.659. The van der Waals surface area contributed by atoms with Gasteiger partial charge in [0.1, 0.15) is 0 Å². The van der Waals surface area contributed by atoms with Gasteiger partial charge in [-0.05, 0) is 29.8 Å². The van der Waals surface area contributed by atoms with E-state index in [1.807, 2.05) is 24.3 Å². The molecule has 0 bridgehead atoms.